The molecule has 1 unspecified atom stereocenters. The van der Waals surface area contributed by atoms with Gasteiger partial charge in [-0.3, -0.25) is 0 Å². The molecule has 2 rings (SSSR count). The van der Waals surface area contributed by atoms with Gasteiger partial charge in [0.1, 0.15) is 0 Å². The fraction of sp³-hybridized carbons (Fsp3) is 0.769. The molecular weight excluding hydrogens is 216 g/mol. The lowest BCUT2D eigenvalue weighted by molar-refractivity contribution is 0.318. The van der Waals surface area contributed by atoms with Gasteiger partial charge in [0.05, 0.1) is 10.7 Å². The molecule has 0 bridgehead atoms. The molecule has 1 atom stereocenters. The number of aromatic nitrogens is 1. The molecule has 0 aliphatic heterocycles. The smallest absolute Gasteiger partial charge is 0.0946 e. The third-order valence-electron chi connectivity index (χ3n) is 3.40. The maximum atomic E-state index is 6.21. The molecule has 3 heteroatoms. The summed E-state index contributed by atoms with van der Waals surface area (Å²) in [4.78, 5) is 6.26. The molecule has 0 spiro atoms. The Morgan fingerprint density at radius 1 is 1.31 bits per heavy atom. The number of rotatable bonds is 2. The van der Waals surface area contributed by atoms with E-state index in [1.54, 1.807) is 0 Å². The van der Waals surface area contributed by atoms with E-state index < -0.39 is 0 Å². The van der Waals surface area contributed by atoms with Gasteiger partial charge in [-0.25, -0.2) is 4.98 Å². The summed E-state index contributed by atoms with van der Waals surface area (Å²) in [6.07, 6.45) is 5.98. The van der Waals surface area contributed by atoms with Crippen molar-refractivity contribution >= 4 is 11.3 Å². The van der Waals surface area contributed by atoms with Crippen LogP contribution in [0.4, 0.5) is 0 Å². The number of fused-ring (bicyclic) bond motifs is 1. The van der Waals surface area contributed by atoms with Crippen LogP contribution in [0.25, 0.3) is 0 Å². The average molecular weight is 238 g/mol. The zero-order valence-electron chi connectivity index (χ0n) is 10.5. The van der Waals surface area contributed by atoms with Crippen molar-refractivity contribution in [2.75, 3.05) is 0 Å². The molecule has 1 aromatic heterocycles. The fourth-order valence-electron chi connectivity index (χ4n) is 1.99. The van der Waals surface area contributed by atoms with Gasteiger partial charge in [-0.2, -0.15) is 0 Å². The molecule has 0 fully saturated rings. The van der Waals surface area contributed by atoms with E-state index in [1.807, 2.05) is 11.3 Å². The van der Waals surface area contributed by atoms with Crippen LogP contribution in [-0.4, -0.2) is 11.0 Å². The summed E-state index contributed by atoms with van der Waals surface area (Å²) < 4.78 is 0. The van der Waals surface area contributed by atoms with Crippen molar-refractivity contribution < 1.29 is 0 Å². The summed E-state index contributed by atoms with van der Waals surface area (Å²) >= 11 is 1.89. The van der Waals surface area contributed by atoms with Crippen LogP contribution in [-0.2, 0) is 19.3 Å². The van der Waals surface area contributed by atoms with Gasteiger partial charge >= 0.3 is 0 Å². The van der Waals surface area contributed by atoms with Crippen LogP contribution in [0, 0.1) is 5.41 Å². The topological polar surface area (TPSA) is 38.9 Å². The number of nitrogens with two attached hydrogens (primary N) is 1. The maximum absolute atomic E-state index is 6.21. The Balaban J connectivity index is 2.08. The second kappa shape index (κ2) is 4.46. The van der Waals surface area contributed by atoms with Gasteiger partial charge in [0.2, 0.25) is 0 Å². The molecule has 0 aromatic carbocycles. The monoisotopic (exact) mass is 238 g/mol. The minimum atomic E-state index is 0.173. The summed E-state index contributed by atoms with van der Waals surface area (Å²) in [6, 6.07) is 0.208. The Morgan fingerprint density at radius 2 is 2.00 bits per heavy atom. The predicted molar refractivity (Wildman–Crippen MR) is 69.9 cm³/mol. The van der Waals surface area contributed by atoms with E-state index in [0.29, 0.717) is 0 Å². The lowest BCUT2D eigenvalue weighted by atomic mass is 9.86. The van der Waals surface area contributed by atoms with Gasteiger partial charge in [-0.05, 0) is 31.1 Å². The third kappa shape index (κ3) is 2.64. The molecule has 2 nitrogen and oxygen atoms in total. The summed E-state index contributed by atoms with van der Waals surface area (Å²) in [5.74, 6) is 0. The van der Waals surface area contributed by atoms with Gasteiger partial charge in [0.25, 0.3) is 0 Å². The summed E-state index contributed by atoms with van der Waals surface area (Å²) in [7, 11) is 0. The van der Waals surface area contributed by atoms with Gasteiger partial charge in [0.15, 0.2) is 0 Å². The largest absolute Gasteiger partial charge is 0.327 e. The highest BCUT2D eigenvalue weighted by atomic mass is 32.1. The van der Waals surface area contributed by atoms with Crippen molar-refractivity contribution in [2.24, 2.45) is 11.1 Å². The zero-order valence-corrected chi connectivity index (χ0v) is 11.4. The molecule has 1 aliphatic rings. The molecule has 1 heterocycles. The first kappa shape index (κ1) is 12.1. The second-order valence-corrected chi connectivity index (χ2v) is 7.03. The summed E-state index contributed by atoms with van der Waals surface area (Å²) in [5, 5.41) is 1.24. The molecule has 1 aromatic rings. The van der Waals surface area contributed by atoms with Crippen LogP contribution in [0.3, 0.4) is 0 Å². The highest BCUT2D eigenvalue weighted by Gasteiger charge is 2.23. The van der Waals surface area contributed by atoms with E-state index in [1.165, 1.54) is 41.3 Å². The highest BCUT2D eigenvalue weighted by Crippen LogP contribution is 2.29. The van der Waals surface area contributed by atoms with E-state index in [4.69, 9.17) is 10.7 Å². The number of hydrogen-bond acceptors (Lipinski definition) is 3. The van der Waals surface area contributed by atoms with Gasteiger partial charge in [0, 0.05) is 17.3 Å². The molecule has 0 saturated heterocycles. The summed E-state index contributed by atoms with van der Waals surface area (Å²) in [5.41, 5.74) is 7.73. The first-order chi connectivity index (χ1) is 7.47. The van der Waals surface area contributed by atoms with Crippen molar-refractivity contribution in [1.29, 1.82) is 0 Å². The second-order valence-electron chi connectivity index (χ2n) is 5.86. The first-order valence-electron chi connectivity index (χ1n) is 6.20. The van der Waals surface area contributed by atoms with Crippen molar-refractivity contribution in [3.8, 4) is 0 Å². The standard InChI is InChI=1S/C13H22N2S/c1-13(2,3)11(14)8-12-15-9-6-4-5-7-10(9)16-12/h11H,4-8,14H2,1-3H3. The third-order valence-corrected chi connectivity index (χ3v) is 4.58. The van der Waals surface area contributed by atoms with Crippen LogP contribution in [0.5, 0.6) is 0 Å². The molecule has 0 saturated carbocycles. The van der Waals surface area contributed by atoms with Crippen LogP contribution >= 0.6 is 11.3 Å². The van der Waals surface area contributed by atoms with E-state index in [2.05, 4.69) is 20.8 Å². The number of thiazole rings is 1. The molecule has 0 amide bonds. The van der Waals surface area contributed by atoms with Crippen molar-refractivity contribution in [1.82, 2.24) is 4.98 Å². The zero-order chi connectivity index (χ0) is 11.8. The van der Waals surface area contributed by atoms with Crippen molar-refractivity contribution in [3.05, 3.63) is 15.6 Å². The van der Waals surface area contributed by atoms with Crippen molar-refractivity contribution in [3.63, 3.8) is 0 Å². The number of hydrogen-bond donors (Lipinski definition) is 1. The van der Waals surface area contributed by atoms with Gasteiger partial charge in [-0.15, -0.1) is 11.3 Å². The SMILES string of the molecule is CC(C)(C)C(N)Cc1nc2c(s1)CCCC2. The van der Waals surface area contributed by atoms with E-state index in [0.717, 1.165) is 6.42 Å². The molecular formula is C13H22N2S. The van der Waals surface area contributed by atoms with E-state index >= 15 is 0 Å². The van der Waals surface area contributed by atoms with Crippen LogP contribution in [0.2, 0.25) is 0 Å². The Morgan fingerprint density at radius 3 is 2.62 bits per heavy atom. The fourth-order valence-corrected chi connectivity index (χ4v) is 3.20. The molecule has 90 valence electrons. The summed E-state index contributed by atoms with van der Waals surface area (Å²) in [6.45, 7) is 6.60. The Hall–Kier alpha value is -0.410. The van der Waals surface area contributed by atoms with E-state index in [-0.39, 0.29) is 11.5 Å². The first-order valence-corrected chi connectivity index (χ1v) is 7.01. The quantitative estimate of drug-likeness (QED) is 0.860. The Kier molecular flexibility index (Phi) is 3.36. The lowest BCUT2D eigenvalue weighted by Crippen LogP contribution is -2.36. The van der Waals surface area contributed by atoms with Crippen LogP contribution < -0.4 is 5.73 Å². The minimum absolute atomic E-state index is 0.173. The lowest BCUT2D eigenvalue weighted by Gasteiger charge is -2.26. The highest BCUT2D eigenvalue weighted by molar-refractivity contribution is 7.11. The minimum Gasteiger partial charge on any atom is -0.327 e. The van der Waals surface area contributed by atoms with Gasteiger partial charge < -0.3 is 5.73 Å². The van der Waals surface area contributed by atoms with Crippen LogP contribution in [0.1, 0.15) is 49.2 Å². The normalized spacial score (nSPS) is 18.2. The number of nitrogens with zero attached hydrogens (tertiary/aromatic N) is 1. The van der Waals surface area contributed by atoms with Gasteiger partial charge in [-0.1, -0.05) is 20.8 Å². The average Bonchev–Trinajstić information content (AvgIpc) is 2.58. The van der Waals surface area contributed by atoms with Crippen molar-refractivity contribution in [2.45, 2.75) is 58.9 Å². The predicted octanol–water partition coefficient (Wildman–Crippen LogP) is 2.94. The number of aryl methyl sites for hydroxylation is 2. The Labute approximate surface area is 102 Å². The Bertz CT molecular complexity index is 339. The molecule has 1 aliphatic carbocycles. The molecule has 0 radical (unpaired) electrons. The molecule has 2 N–H and O–H groups in total. The van der Waals surface area contributed by atoms with E-state index in [9.17, 15) is 0 Å². The maximum Gasteiger partial charge on any atom is 0.0946 e. The van der Waals surface area contributed by atoms with Crippen LogP contribution in [0.15, 0.2) is 0 Å². The molecule has 16 heavy (non-hydrogen) atoms.